The molecule has 0 saturated heterocycles. The zero-order valence-electron chi connectivity index (χ0n) is 10.5. The Morgan fingerprint density at radius 2 is 1.95 bits per heavy atom. The molecule has 0 aliphatic rings. The van der Waals surface area contributed by atoms with Gasteiger partial charge < -0.3 is 9.84 Å². The topological polar surface area (TPSA) is 53.2 Å². The Labute approximate surface area is 116 Å². The zero-order valence-corrected chi connectivity index (χ0v) is 11.3. The molecule has 0 spiro atoms. The van der Waals surface area contributed by atoms with Gasteiger partial charge in [-0.25, -0.2) is 0 Å². The number of rotatable bonds is 4. The molecule has 0 heterocycles. The van der Waals surface area contributed by atoms with E-state index in [0.29, 0.717) is 5.56 Å². The molecule has 3 nitrogen and oxygen atoms in total. The number of hydrogen-bond donors (Lipinski definition) is 1. The van der Waals surface area contributed by atoms with Crippen molar-refractivity contribution in [2.45, 2.75) is 16.4 Å². The van der Waals surface area contributed by atoms with Crippen LogP contribution in [0.3, 0.4) is 0 Å². The highest BCUT2D eigenvalue weighted by Gasteiger charge is 2.06. The van der Waals surface area contributed by atoms with Crippen molar-refractivity contribution in [1.29, 1.82) is 5.26 Å². The van der Waals surface area contributed by atoms with Crippen molar-refractivity contribution >= 4 is 11.8 Å². The largest absolute Gasteiger partial charge is 0.497 e. The molecule has 0 aliphatic heterocycles. The van der Waals surface area contributed by atoms with Crippen molar-refractivity contribution in [2.75, 3.05) is 7.11 Å². The fourth-order valence-corrected chi connectivity index (χ4v) is 2.52. The van der Waals surface area contributed by atoms with Crippen molar-refractivity contribution in [2.24, 2.45) is 0 Å². The number of benzene rings is 2. The Morgan fingerprint density at radius 1 is 1.21 bits per heavy atom. The highest BCUT2D eigenvalue weighted by Crippen LogP contribution is 2.33. The summed E-state index contributed by atoms with van der Waals surface area (Å²) in [4.78, 5) is 1.88. The first kappa shape index (κ1) is 13.5. The Kier molecular flexibility index (Phi) is 4.45. The molecule has 0 amide bonds. The lowest BCUT2D eigenvalue weighted by Crippen LogP contribution is -1.87. The lowest BCUT2D eigenvalue weighted by Gasteiger charge is -2.07. The maximum Gasteiger partial charge on any atom is 0.120 e. The molecule has 4 heteroatoms. The average Bonchev–Trinajstić information content (AvgIpc) is 2.48. The summed E-state index contributed by atoms with van der Waals surface area (Å²) in [6.07, 6.45) is 0. The normalized spacial score (nSPS) is 9.95. The first-order valence-electron chi connectivity index (χ1n) is 5.72. The molecule has 96 valence electrons. The van der Waals surface area contributed by atoms with E-state index in [0.717, 1.165) is 21.1 Å². The minimum atomic E-state index is 0.0353. The SMILES string of the molecule is COc1ccc(C#N)c(Sc2ccc(CO)cc2)c1. The van der Waals surface area contributed by atoms with Gasteiger partial charge in [0.05, 0.1) is 19.3 Å². The van der Waals surface area contributed by atoms with Gasteiger partial charge in [-0.1, -0.05) is 23.9 Å². The van der Waals surface area contributed by atoms with Gasteiger partial charge >= 0.3 is 0 Å². The lowest BCUT2D eigenvalue weighted by atomic mass is 10.2. The third-order valence-corrected chi connectivity index (χ3v) is 3.71. The molecule has 1 N–H and O–H groups in total. The van der Waals surface area contributed by atoms with Crippen LogP contribution < -0.4 is 4.74 Å². The van der Waals surface area contributed by atoms with Crippen LogP contribution in [0.1, 0.15) is 11.1 Å². The van der Waals surface area contributed by atoms with Gasteiger partial charge in [-0.15, -0.1) is 0 Å². The highest BCUT2D eigenvalue weighted by atomic mass is 32.2. The fourth-order valence-electron chi connectivity index (χ4n) is 1.60. The second-order valence-electron chi connectivity index (χ2n) is 3.88. The molecule has 0 unspecified atom stereocenters. The van der Waals surface area contributed by atoms with E-state index in [9.17, 15) is 0 Å². The van der Waals surface area contributed by atoms with Gasteiger partial charge in [0.15, 0.2) is 0 Å². The van der Waals surface area contributed by atoms with E-state index in [1.165, 1.54) is 11.8 Å². The van der Waals surface area contributed by atoms with E-state index in [-0.39, 0.29) is 6.61 Å². The van der Waals surface area contributed by atoms with Crippen LogP contribution >= 0.6 is 11.8 Å². The first-order chi connectivity index (χ1) is 9.26. The van der Waals surface area contributed by atoms with Gasteiger partial charge in [0.2, 0.25) is 0 Å². The van der Waals surface area contributed by atoms with Crippen LogP contribution in [-0.2, 0) is 6.61 Å². The van der Waals surface area contributed by atoms with Crippen LogP contribution in [0, 0.1) is 11.3 Å². The Balaban J connectivity index is 2.28. The number of nitriles is 1. The van der Waals surface area contributed by atoms with E-state index in [1.54, 1.807) is 19.2 Å². The maximum atomic E-state index is 9.11. The summed E-state index contributed by atoms with van der Waals surface area (Å²) in [7, 11) is 1.60. The predicted octanol–water partition coefficient (Wildman–Crippen LogP) is 3.21. The predicted molar refractivity (Wildman–Crippen MR) is 74.2 cm³/mol. The van der Waals surface area contributed by atoms with Gasteiger partial charge in [0.25, 0.3) is 0 Å². The van der Waals surface area contributed by atoms with Gasteiger partial charge in [-0.3, -0.25) is 0 Å². The monoisotopic (exact) mass is 271 g/mol. The molecule has 0 atom stereocenters. The number of aliphatic hydroxyl groups excluding tert-OH is 1. The molecular formula is C15H13NO2S. The molecule has 0 radical (unpaired) electrons. The maximum absolute atomic E-state index is 9.11. The number of aliphatic hydroxyl groups is 1. The zero-order chi connectivity index (χ0) is 13.7. The van der Waals surface area contributed by atoms with E-state index in [2.05, 4.69) is 6.07 Å². The summed E-state index contributed by atoms with van der Waals surface area (Å²) in [5, 5.41) is 18.1. The van der Waals surface area contributed by atoms with E-state index < -0.39 is 0 Å². The molecule has 0 bridgehead atoms. The van der Waals surface area contributed by atoms with Crippen molar-refractivity contribution < 1.29 is 9.84 Å². The molecule has 0 fully saturated rings. The minimum absolute atomic E-state index is 0.0353. The van der Waals surface area contributed by atoms with Crippen molar-refractivity contribution in [3.63, 3.8) is 0 Å². The Morgan fingerprint density at radius 3 is 2.53 bits per heavy atom. The highest BCUT2D eigenvalue weighted by molar-refractivity contribution is 7.99. The van der Waals surface area contributed by atoms with Crippen molar-refractivity contribution in [3.05, 3.63) is 53.6 Å². The van der Waals surface area contributed by atoms with E-state index in [4.69, 9.17) is 15.1 Å². The average molecular weight is 271 g/mol. The molecular weight excluding hydrogens is 258 g/mol. The molecule has 2 aromatic carbocycles. The number of methoxy groups -OCH3 is 1. The third-order valence-electron chi connectivity index (χ3n) is 2.64. The van der Waals surface area contributed by atoms with Crippen molar-refractivity contribution in [3.8, 4) is 11.8 Å². The van der Waals surface area contributed by atoms with Gasteiger partial charge in [-0.2, -0.15) is 5.26 Å². The Bertz CT molecular complexity index is 603. The van der Waals surface area contributed by atoms with E-state index >= 15 is 0 Å². The summed E-state index contributed by atoms with van der Waals surface area (Å²) in [6.45, 7) is 0.0353. The molecule has 2 aromatic rings. The second-order valence-corrected chi connectivity index (χ2v) is 4.99. The summed E-state index contributed by atoms with van der Waals surface area (Å²) in [5.74, 6) is 0.730. The summed E-state index contributed by atoms with van der Waals surface area (Å²) < 4.78 is 5.17. The van der Waals surface area contributed by atoms with Gasteiger partial charge in [0.1, 0.15) is 11.8 Å². The van der Waals surface area contributed by atoms with Crippen LogP contribution in [0.25, 0.3) is 0 Å². The minimum Gasteiger partial charge on any atom is -0.497 e. The van der Waals surface area contributed by atoms with Crippen LogP contribution in [0.4, 0.5) is 0 Å². The number of nitrogens with zero attached hydrogens (tertiary/aromatic N) is 1. The Hall–Kier alpha value is -1.96. The second kappa shape index (κ2) is 6.28. The quantitative estimate of drug-likeness (QED) is 0.927. The molecule has 0 aromatic heterocycles. The standard InChI is InChI=1S/C15H13NO2S/c1-18-13-5-4-12(9-16)15(8-13)19-14-6-2-11(10-17)3-7-14/h2-8,17H,10H2,1H3. The van der Waals surface area contributed by atoms with Gasteiger partial charge in [-0.05, 0) is 35.9 Å². The number of ether oxygens (including phenoxy) is 1. The van der Waals surface area contributed by atoms with Crippen LogP contribution in [0.15, 0.2) is 52.3 Å². The fraction of sp³-hybridized carbons (Fsp3) is 0.133. The molecule has 0 saturated carbocycles. The lowest BCUT2D eigenvalue weighted by molar-refractivity contribution is 0.282. The molecule has 19 heavy (non-hydrogen) atoms. The molecule has 2 rings (SSSR count). The smallest absolute Gasteiger partial charge is 0.120 e. The van der Waals surface area contributed by atoms with E-state index in [1.807, 2.05) is 30.3 Å². The summed E-state index contributed by atoms with van der Waals surface area (Å²) in [5.41, 5.74) is 1.49. The van der Waals surface area contributed by atoms with Crippen LogP contribution in [0.5, 0.6) is 5.75 Å². The van der Waals surface area contributed by atoms with Gasteiger partial charge in [0, 0.05) is 9.79 Å². The first-order valence-corrected chi connectivity index (χ1v) is 6.54. The van der Waals surface area contributed by atoms with Crippen LogP contribution in [-0.4, -0.2) is 12.2 Å². The summed E-state index contributed by atoms with van der Waals surface area (Å²) >= 11 is 1.50. The summed E-state index contributed by atoms with van der Waals surface area (Å²) in [6, 6.07) is 15.1. The number of hydrogen-bond acceptors (Lipinski definition) is 4. The third kappa shape index (κ3) is 3.28. The van der Waals surface area contributed by atoms with Crippen molar-refractivity contribution in [1.82, 2.24) is 0 Å². The van der Waals surface area contributed by atoms with Crippen LogP contribution in [0.2, 0.25) is 0 Å². The molecule has 0 aliphatic carbocycles.